The van der Waals surface area contributed by atoms with E-state index >= 15 is 0 Å². The number of pyridine rings is 2. The molecule has 0 radical (unpaired) electrons. The lowest BCUT2D eigenvalue weighted by atomic mass is 9.84. The van der Waals surface area contributed by atoms with Gasteiger partial charge >= 0.3 is 0 Å². The van der Waals surface area contributed by atoms with Crippen LogP contribution in [0.5, 0.6) is 11.5 Å². The van der Waals surface area contributed by atoms with Gasteiger partial charge in [0.25, 0.3) is 11.1 Å². The molecule has 0 amide bonds. The lowest BCUT2D eigenvalue weighted by Crippen LogP contribution is -2.53. The molecule has 0 unspecified atom stereocenters. The summed E-state index contributed by atoms with van der Waals surface area (Å²) in [5, 5.41) is 0. The molecule has 60 heavy (non-hydrogen) atoms. The predicted molar refractivity (Wildman–Crippen MR) is 239 cm³/mol. The average molecular weight is 820 g/mol. The fourth-order valence-electron chi connectivity index (χ4n) is 7.81. The summed E-state index contributed by atoms with van der Waals surface area (Å²) in [5.41, 5.74) is 6.52. The number of benzene rings is 2. The van der Waals surface area contributed by atoms with Crippen molar-refractivity contribution in [1.29, 1.82) is 0 Å². The maximum atomic E-state index is 12.8. The van der Waals surface area contributed by atoms with Gasteiger partial charge in [0, 0.05) is 60.4 Å². The molecular formula is C50H65N3O7. The molecule has 2 aromatic carbocycles. The number of aryl methyl sites for hydroxylation is 2. The highest BCUT2D eigenvalue weighted by atomic mass is 16.6. The average Bonchev–Trinajstić information content (AvgIpc) is 4.08. The fourth-order valence-corrected chi connectivity index (χ4v) is 7.81. The summed E-state index contributed by atoms with van der Waals surface area (Å²) in [4.78, 5) is 27.9. The first-order valence-electron chi connectivity index (χ1n) is 22.0. The molecule has 4 aromatic rings. The van der Waals surface area contributed by atoms with Gasteiger partial charge in [-0.3, -0.25) is 9.59 Å². The zero-order chi connectivity index (χ0) is 42.6. The van der Waals surface area contributed by atoms with Crippen molar-refractivity contribution in [2.75, 3.05) is 57.6 Å². The molecule has 1 saturated carbocycles. The van der Waals surface area contributed by atoms with E-state index in [0.717, 1.165) is 60.6 Å². The molecule has 4 aliphatic rings. The van der Waals surface area contributed by atoms with Gasteiger partial charge in [-0.05, 0) is 106 Å². The quantitative estimate of drug-likeness (QED) is 0.140. The molecular weight excluding hydrogens is 755 g/mol. The molecule has 3 saturated heterocycles. The maximum absolute atomic E-state index is 12.8. The minimum atomic E-state index is -0.0827. The van der Waals surface area contributed by atoms with Crippen molar-refractivity contribution in [3.63, 3.8) is 0 Å². The second-order valence-corrected chi connectivity index (χ2v) is 17.0. The molecule has 0 bridgehead atoms. The number of ether oxygens (including phenoxy) is 5. The van der Waals surface area contributed by atoms with Crippen LogP contribution >= 0.6 is 0 Å². The molecule has 10 heteroatoms. The van der Waals surface area contributed by atoms with Gasteiger partial charge in [-0.2, -0.15) is 0 Å². The highest BCUT2D eigenvalue weighted by Crippen LogP contribution is 2.34. The highest BCUT2D eigenvalue weighted by Gasteiger charge is 2.34. The number of rotatable bonds is 11. The van der Waals surface area contributed by atoms with E-state index in [1.165, 1.54) is 24.9 Å². The van der Waals surface area contributed by atoms with Crippen LogP contribution < -0.4 is 25.5 Å². The second-order valence-electron chi connectivity index (χ2n) is 17.0. The molecule has 10 nitrogen and oxygen atoms in total. The monoisotopic (exact) mass is 819 g/mol. The van der Waals surface area contributed by atoms with Crippen LogP contribution in [0.15, 0.2) is 82.4 Å². The van der Waals surface area contributed by atoms with Gasteiger partial charge in [0.2, 0.25) is 0 Å². The number of hydrogen-bond donors (Lipinski definition) is 0. The highest BCUT2D eigenvalue weighted by molar-refractivity contribution is 5.51. The van der Waals surface area contributed by atoms with Crippen LogP contribution in [-0.4, -0.2) is 74.1 Å². The first kappa shape index (κ1) is 44.7. The normalized spacial score (nSPS) is 19.8. The van der Waals surface area contributed by atoms with Gasteiger partial charge in [-0.25, -0.2) is 0 Å². The Labute approximate surface area is 356 Å². The molecule has 8 rings (SSSR count). The molecule has 1 aliphatic carbocycles. The fraction of sp³-hybridized carbons (Fsp3) is 0.520. The Morgan fingerprint density at radius 3 is 2.08 bits per heavy atom. The summed E-state index contributed by atoms with van der Waals surface area (Å²) in [6.45, 7) is 20.6. The molecule has 4 fully saturated rings. The minimum absolute atomic E-state index is 0.0466. The lowest BCUT2D eigenvalue weighted by molar-refractivity contribution is -0.101. The Hall–Kier alpha value is -4.82. The van der Waals surface area contributed by atoms with Gasteiger partial charge in [-0.1, -0.05) is 63.8 Å². The second kappa shape index (κ2) is 21.1. The summed E-state index contributed by atoms with van der Waals surface area (Å²) in [6, 6.07) is 23.6. The van der Waals surface area contributed by atoms with E-state index in [0.29, 0.717) is 62.4 Å². The molecule has 322 valence electrons. The van der Waals surface area contributed by atoms with E-state index in [4.69, 9.17) is 23.7 Å². The van der Waals surface area contributed by atoms with Crippen LogP contribution in [-0.2, 0) is 20.8 Å². The van der Waals surface area contributed by atoms with Gasteiger partial charge in [0.05, 0.1) is 38.5 Å². The zero-order valence-electron chi connectivity index (χ0n) is 36.8. The first-order chi connectivity index (χ1) is 29.0. The first-order valence-corrected chi connectivity index (χ1v) is 22.0. The van der Waals surface area contributed by atoms with Crippen LogP contribution in [0.4, 0.5) is 5.69 Å². The number of aromatic nitrogens is 2. The van der Waals surface area contributed by atoms with Crippen molar-refractivity contribution < 1.29 is 23.7 Å². The van der Waals surface area contributed by atoms with Gasteiger partial charge in [-0.15, -0.1) is 0 Å². The topological polar surface area (TPSA) is 93.4 Å². The van der Waals surface area contributed by atoms with Crippen molar-refractivity contribution in [3.8, 4) is 23.3 Å². The Balaban J connectivity index is 0.000000193. The predicted octanol–water partition coefficient (Wildman–Crippen LogP) is 8.35. The van der Waals surface area contributed by atoms with Crippen molar-refractivity contribution >= 4 is 5.69 Å². The third-order valence-corrected chi connectivity index (χ3v) is 11.2. The van der Waals surface area contributed by atoms with Crippen LogP contribution in [0.3, 0.4) is 0 Å². The summed E-state index contributed by atoms with van der Waals surface area (Å²) in [5.74, 6) is 8.32. The third-order valence-electron chi connectivity index (χ3n) is 11.2. The molecule has 0 spiro atoms. The minimum Gasteiger partial charge on any atom is -0.491 e. The largest absolute Gasteiger partial charge is 0.491 e. The van der Waals surface area contributed by atoms with Crippen molar-refractivity contribution in [2.45, 2.75) is 105 Å². The third kappa shape index (κ3) is 12.6. The van der Waals surface area contributed by atoms with Gasteiger partial charge in [0.1, 0.15) is 30.8 Å². The van der Waals surface area contributed by atoms with Crippen molar-refractivity contribution in [3.05, 3.63) is 122 Å². The van der Waals surface area contributed by atoms with E-state index in [1.54, 1.807) is 16.7 Å². The molecule has 0 N–H and O–H groups in total. The van der Waals surface area contributed by atoms with E-state index in [2.05, 4.69) is 73.9 Å². The van der Waals surface area contributed by atoms with E-state index in [1.807, 2.05) is 56.5 Å². The zero-order valence-corrected chi connectivity index (χ0v) is 36.8. The lowest BCUT2D eigenvalue weighted by Gasteiger charge is -2.47. The molecule has 3 aliphatic heterocycles. The van der Waals surface area contributed by atoms with E-state index in [9.17, 15) is 9.59 Å². The smallest absolute Gasteiger partial charge is 0.254 e. The SMILES string of the molecule is CC.Cc1cc(OC[C@H]2CCCCO2)cc(=O)n1[C@H](C)c1ccc(C#CC2CC2)cc1.Cc1cc(OC[C@H]2COCCO2)cc(=O)n1Cc1cccc(N2CC(C)(C)C2)c1. The summed E-state index contributed by atoms with van der Waals surface area (Å²) in [7, 11) is 0. The summed E-state index contributed by atoms with van der Waals surface area (Å²) < 4.78 is 31.9. The molecule has 2 aromatic heterocycles. The maximum Gasteiger partial charge on any atom is 0.254 e. The van der Waals surface area contributed by atoms with Crippen LogP contribution in [0, 0.1) is 37.0 Å². The van der Waals surface area contributed by atoms with Crippen LogP contribution in [0.1, 0.15) is 101 Å². The number of nitrogens with zero attached hydrogens (tertiary/aromatic N) is 3. The summed E-state index contributed by atoms with van der Waals surface area (Å²) >= 11 is 0. The Morgan fingerprint density at radius 2 is 1.47 bits per heavy atom. The van der Waals surface area contributed by atoms with E-state index < -0.39 is 0 Å². The van der Waals surface area contributed by atoms with Gasteiger partial charge in [0.15, 0.2) is 0 Å². The summed E-state index contributed by atoms with van der Waals surface area (Å²) in [6.07, 6.45) is 5.84. The Morgan fingerprint density at radius 1 is 0.783 bits per heavy atom. The van der Waals surface area contributed by atoms with E-state index in [-0.39, 0.29) is 29.4 Å². The number of anilines is 1. The standard InChI is InChI=1S/C25H29NO3.C23H30N2O4.C2H6/c1-18-15-24(29-17-23-5-3-4-14-28-23)16-25(27)26(18)19(2)22-12-10-21(11-13-22)9-8-20-6-7-20;1-17-9-20(29-14-21-13-27-7-8-28-21)11-22(26)25(17)12-18-5-4-6-19(10-18)24-15-23(2,3)16-24;1-2/h10-13,15-16,19-20,23H,3-7,14,17H2,1-2H3;4-6,9-11,21H,7-8,12-16H2,1-3H3;1-2H3/t19-,23-;21-;/m11./s1. The molecule has 3 atom stereocenters. The van der Waals surface area contributed by atoms with Crippen molar-refractivity contribution in [2.24, 2.45) is 11.3 Å². The van der Waals surface area contributed by atoms with Gasteiger partial charge < -0.3 is 37.7 Å². The van der Waals surface area contributed by atoms with Crippen LogP contribution in [0.2, 0.25) is 0 Å². The van der Waals surface area contributed by atoms with Crippen molar-refractivity contribution in [1.82, 2.24) is 9.13 Å². The number of hydrogen-bond acceptors (Lipinski definition) is 8. The molecule has 5 heterocycles. The Kier molecular flexibility index (Phi) is 15.7. The Bertz CT molecular complexity index is 2170. The van der Waals surface area contributed by atoms with Crippen LogP contribution in [0.25, 0.3) is 0 Å².